The first-order valence-corrected chi connectivity index (χ1v) is 3.18. The lowest BCUT2D eigenvalue weighted by atomic mass is 10.0. The van der Waals surface area contributed by atoms with Crippen molar-refractivity contribution < 1.29 is 9.90 Å². The van der Waals surface area contributed by atoms with E-state index in [9.17, 15) is 4.79 Å². The Hall–Kier alpha value is -0.370. The second-order valence-electron chi connectivity index (χ2n) is 2.16. The van der Waals surface area contributed by atoms with E-state index in [-0.39, 0.29) is 5.92 Å². The van der Waals surface area contributed by atoms with E-state index in [1.807, 2.05) is 6.92 Å². The van der Waals surface area contributed by atoms with Crippen molar-refractivity contribution in [3.05, 3.63) is 6.92 Å². The SMILES string of the molecule is [CH2]C(O)C(C=O)CCC. The predicted molar refractivity (Wildman–Crippen MR) is 35.8 cm³/mol. The Kier molecular flexibility index (Phi) is 4.32. The molecule has 0 rings (SSSR count). The first kappa shape index (κ1) is 8.63. The van der Waals surface area contributed by atoms with Crippen LogP contribution in [0, 0.1) is 12.8 Å². The Morgan fingerprint density at radius 1 is 1.78 bits per heavy atom. The molecular weight excluding hydrogens is 116 g/mol. The van der Waals surface area contributed by atoms with Gasteiger partial charge in [-0.1, -0.05) is 13.3 Å². The third kappa shape index (κ3) is 3.25. The van der Waals surface area contributed by atoms with Gasteiger partial charge in [0.1, 0.15) is 6.29 Å². The maximum atomic E-state index is 10.1. The van der Waals surface area contributed by atoms with Crippen molar-refractivity contribution in [1.29, 1.82) is 0 Å². The summed E-state index contributed by atoms with van der Waals surface area (Å²) in [5.74, 6) is -0.269. The van der Waals surface area contributed by atoms with Crippen molar-refractivity contribution in [1.82, 2.24) is 0 Å². The van der Waals surface area contributed by atoms with Crippen LogP contribution >= 0.6 is 0 Å². The Labute approximate surface area is 55.9 Å². The number of carbonyl (C=O) groups is 1. The zero-order valence-corrected chi connectivity index (χ0v) is 5.71. The van der Waals surface area contributed by atoms with Crippen LogP contribution in [-0.4, -0.2) is 17.5 Å². The maximum Gasteiger partial charge on any atom is 0.125 e. The second-order valence-corrected chi connectivity index (χ2v) is 2.16. The molecule has 0 saturated heterocycles. The van der Waals surface area contributed by atoms with E-state index in [2.05, 4.69) is 6.92 Å². The molecule has 0 aliphatic heterocycles. The zero-order chi connectivity index (χ0) is 7.28. The molecule has 53 valence electrons. The van der Waals surface area contributed by atoms with E-state index < -0.39 is 6.10 Å². The molecular formula is C7H13O2. The molecule has 0 aliphatic carbocycles. The first-order chi connectivity index (χ1) is 4.22. The highest BCUT2D eigenvalue weighted by Crippen LogP contribution is 2.06. The molecule has 0 amide bonds. The summed E-state index contributed by atoms with van der Waals surface area (Å²) in [5.41, 5.74) is 0. The van der Waals surface area contributed by atoms with Crippen molar-refractivity contribution in [2.24, 2.45) is 5.92 Å². The minimum atomic E-state index is -0.734. The van der Waals surface area contributed by atoms with E-state index in [0.29, 0.717) is 0 Å². The Morgan fingerprint density at radius 3 is 2.44 bits per heavy atom. The van der Waals surface area contributed by atoms with Gasteiger partial charge in [-0.25, -0.2) is 0 Å². The molecule has 0 aliphatic rings. The number of hydrogen-bond acceptors (Lipinski definition) is 2. The number of aldehydes is 1. The minimum absolute atomic E-state index is 0.269. The molecule has 2 heteroatoms. The highest BCUT2D eigenvalue weighted by atomic mass is 16.3. The predicted octanol–water partition coefficient (Wildman–Crippen LogP) is 0.797. The molecule has 0 aromatic rings. The fourth-order valence-corrected chi connectivity index (χ4v) is 0.684. The summed E-state index contributed by atoms with van der Waals surface area (Å²) in [6, 6.07) is 0. The lowest BCUT2D eigenvalue weighted by Gasteiger charge is -2.10. The molecule has 0 saturated carbocycles. The van der Waals surface area contributed by atoms with E-state index in [1.165, 1.54) is 0 Å². The van der Waals surface area contributed by atoms with Gasteiger partial charge in [-0.15, -0.1) is 0 Å². The topological polar surface area (TPSA) is 37.3 Å². The molecule has 0 spiro atoms. The van der Waals surface area contributed by atoms with Crippen molar-refractivity contribution >= 4 is 6.29 Å². The molecule has 9 heavy (non-hydrogen) atoms. The van der Waals surface area contributed by atoms with Crippen LogP contribution in [-0.2, 0) is 4.79 Å². The summed E-state index contributed by atoms with van der Waals surface area (Å²) >= 11 is 0. The molecule has 2 atom stereocenters. The van der Waals surface area contributed by atoms with Crippen LogP contribution in [0.15, 0.2) is 0 Å². The Bertz CT molecular complexity index is 79.0. The molecule has 1 N–H and O–H groups in total. The van der Waals surface area contributed by atoms with Gasteiger partial charge in [0.2, 0.25) is 0 Å². The largest absolute Gasteiger partial charge is 0.392 e. The smallest absolute Gasteiger partial charge is 0.125 e. The van der Waals surface area contributed by atoms with Gasteiger partial charge in [-0.05, 0) is 13.3 Å². The zero-order valence-electron chi connectivity index (χ0n) is 5.71. The van der Waals surface area contributed by atoms with Crippen LogP contribution in [0.2, 0.25) is 0 Å². The molecule has 0 heterocycles. The van der Waals surface area contributed by atoms with Crippen LogP contribution < -0.4 is 0 Å². The Balaban J connectivity index is 3.54. The fraction of sp³-hybridized carbons (Fsp3) is 0.714. The molecule has 2 nitrogen and oxygen atoms in total. The molecule has 1 radical (unpaired) electrons. The van der Waals surface area contributed by atoms with Crippen LogP contribution in [0.1, 0.15) is 19.8 Å². The monoisotopic (exact) mass is 129 g/mol. The average molecular weight is 129 g/mol. The number of aliphatic hydroxyl groups excluding tert-OH is 1. The van der Waals surface area contributed by atoms with Crippen LogP contribution in [0.25, 0.3) is 0 Å². The summed E-state index contributed by atoms with van der Waals surface area (Å²) in [6.45, 7) is 5.32. The van der Waals surface area contributed by atoms with Crippen LogP contribution in [0.4, 0.5) is 0 Å². The first-order valence-electron chi connectivity index (χ1n) is 3.18. The van der Waals surface area contributed by atoms with Crippen LogP contribution in [0.3, 0.4) is 0 Å². The van der Waals surface area contributed by atoms with Crippen molar-refractivity contribution in [2.75, 3.05) is 0 Å². The second kappa shape index (κ2) is 4.50. The van der Waals surface area contributed by atoms with E-state index in [1.54, 1.807) is 0 Å². The average Bonchev–Trinajstić information content (AvgIpc) is 1.82. The lowest BCUT2D eigenvalue weighted by molar-refractivity contribution is -0.113. The van der Waals surface area contributed by atoms with Gasteiger partial charge in [0, 0.05) is 5.92 Å². The van der Waals surface area contributed by atoms with Gasteiger partial charge in [-0.2, -0.15) is 0 Å². The van der Waals surface area contributed by atoms with Gasteiger partial charge in [0.15, 0.2) is 0 Å². The minimum Gasteiger partial charge on any atom is -0.392 e. The van der Waals surface area contributed by atoms with Gasteiger partial charge >= 0.3 is 0 Å². The summed E-state index contributed by atoms with van der Waals surface area (Å²) in [4.78, 5) is 10.1. The number of carbonyl (C=O) groups excluding carboxylic acids is 1. The fourth-order valence-electron chi connectivity index (χ4n) is 0.684. The highest BCUT2D eigenvalue weighted by molar-refractivity contribution is 5.54. The van der Waals surface area contributed by atoms with Crippen molar-refractivity contribution in [3.8, 4) is 0 Å². The van der Waals surface area contributed by atoms with E-state index in [0.717, 1.165) is 19.1 Å². The van der Waals surface area contributed by atoms with Gasteiger partial charge in [0.05, 0.1) is 6.10 Å². The summed E-state index contributed by atoms with van der Waals surface area (Å²) < 4.78 is 0. The third-order valence-electron chi connectivity index (χ3n) is 1.29. The maximum absolute atomic E-state index is 10.1. The normalized spacial score (nSPS) is 16.8. The van der Waals surface area contributed by atoms with E-state index >= 15 is 0 Å². The third-order valence-corrected chi connectivity index (χ3v) is 1.29. The van der Waals surface area contributed by atoms with Gasteiger partial charge in [-0.3, -0.25) is 0 Å². The summed E-state index contributed by atoms with van der Waals surface area (Å²) in [6.07, 6.45) is 1.67. The van der Waals surface area contributed by atoms with Gasteiger partial charge in [0.25, 0.3) is 0 Å². The summed E-state index contributed by atoms with van der Waals surface area (Å²) in [7, 11) is 0. The van der Waals surface area contributed by atoms with Gasteiger partial charge < -0.3 is 9.90 Å². The number of hydrogen-bond donors (Lipinski definition) is 1. The standard InChI is InChI=1S/C7H13O2/c1-3-4-7(5-8)6(2)9/h5-7,9H,2-4H2,1H3. The lowest BCUT2D eigenvalue weighted by Crippen LogP contribution is -2.17. The molecule has 0 aromatic carbocycles. The Morgan fingerprint density at radius 2 is 2.33 bits per heavy atom. The summed E-state index contributed by atoms with van der Waals surface area (Å²) in [5, 5.41) is 8.80. The number of rotatable bonds is 4. The molecule has 0 fully saturated rings. The molecule has 0 bridgehead atoms. The van der Waals surface area contributed by atoms with Crippen molar-refractivity contribution in [3.63, 3.8) is 0 Å². The van der Waals surface area contributed by atoms with Crippen molar-refractivity contribution in [2.45, 2.75) is 25.9 Å². The van der Waals surface area contributed by atoms with E-state index in [4.69, 9.17) is 5.11 Å². The molecule has 2 unspecified atom stereocenters. The quantitative estimate of drug-likeness (QED) is 0.570. The van der Waals surface area contributed by atoms with Crippen LogP contribution in [0.5, 0.6) is 0 Å². The molecule has 0 aromatic heterocycles. The number of aliphatic hydroxyl groups is 1. The highest BCUT2D eigenvalue weighted by Gasteiger charge is 2.11.